The van der Waals surface area contributed by atoms with Crippen molar-refractivity contribution in [3.63, 3.8) is 0 Å². The average Bonchev–Trinajstić information content (AvgIpc) is 3.34. The average molecular weight is 578 g/mol. The van der Waals surface area contributed by atoms with Gasteiger partial charge in [-0.1, -0.05) is 64.0 Å². The Morgan fingerprint density at radius 3 is 2.42 bits per heavy atom. The molecule has 0 unspecified atom stereocenters. The summed E-state index contributed by atoms with van der Waals surface area (Å²) in [5, 5.41) is 4.05. The van der Waals surface area contributed by atoms with Gasteiger partial charge in [-0.25, -0.2) is 4.79 Å². The monoisotopic (exact) mass is 576 g/mol. The minimum absolute atomic E-state index is 0.0501. The lowest BCUT2D eigenvalue weighted by Crippen LogP contribution is -2.46. The molecule has 2 N–H and O–H groups in total. The van der Waals surface area contributed by atoms with E-state index < -0.39 is 0 Å². The van der Waals surface area contributed by atoms with Crippen LogP contribution in [0.15, 0.2) is 83.5 Å². The summed E-state index contributed by atoms with van der Waals surface area (Å²) in [5.41, 5.74) is 5.11. The van der Waals surface area contributed by atoms with Crippen LogP contribution in [-0.2, 0) is 22.5 Å². The molecular formula is C30H33BrN4O3. The first-order valence-corrected chi connectivity index (χ1v) is 13.4. The number of nitrogens with zero attached hydrogens (tertiary/aromatic N) is 2. The summed E-state index contributed by atoms with van der Waals surface area (Å²) in [6, 6.07) is 23.3. The Balaban J connectivity index is 1.50. The predicted molar refractivity (Wildman–Crippen MR) is 155 cm³/mol. The summed E-state index contributed by atoms with van der Waals surface area (Å²) in [5.74, 6) is -0.118. The van der Waals surface area contributed by atoms with Crippen molar-refractivity contribution in [3.05, 3.63) is 100 Å². The lowest BCUT2D eigenvalue weighted by atomic mass is 10.1. The zero-order valence-corrected chi connectivity index (χ0v) is 23.3. The van der Waals surface area contributed by atoms with E-state index in [1.807, 2.05) is 84.8 Å². The van der Waals surface area contributed by atoms with E-state index in [-0.39, 0.29) is 18.5 Å². The number of halogens is 1. The molecular weight excluding hydrogens is 544 g/mol. The highest BCUT2D eigenvalue weighted by atomic mass is 79.9. The molecule has 0 aliphatic rings. The third-order valence-electron chi connectivity index (χ3n) is 6.45. The maximum atomic E-state index is 13.7. The molecule has 4 rings (SSSR count). The number of fused-ring (bicyclic) bond motifs is 1. The highest BCUT2D eigenvalue weighted by molar-refractivity contribution is 9.10. The number of urea groups is 1. The van der Waals surface area contributed by atoms with Gasteiger partial charge in [0.25, 0.3) is 0 Å². The molecule has 8 heteroatoms. The molecule has 0 spiro atoms. The maximum absolute atomic E-state index is 13.7. The Bertz CT molecular complexity index is 1350. The fourth-order valence-electron chi connectivity index (χ4n) is 4.25. The molecule has 0 saturated carbocycles. The Labute approximate surface area is 231 Å². The number of hydrogen-bond donors (Lipinski definition) is 2. The normalized spacial score (nSPS) is 10.9. The molecule has 0 saturated heterocycles. The Morgan fingerprint density at radius 2 is 1.68 bits per heavy atom. The number of methoxy groups -OCH3 is 1. The molecule has 0 atom stereocenters. The van der Waals surface area contributed by atoms with Gasteiger partial charge in [-0.15, -0.1) is 0 Å². The highest BCUT2D eigenvalue weighted by Gasteiger charge is 2.22. The first-order chi connectivity index (χ1) is 18.4. The summed E-state index contributed by atoms with van der Waals surface area (Å²) in [7, 11) is 1.58. The van der Waals surface area contributed by atoms with E-state index in [0.717, 1.165) is 26.5 Å². The summed E-state index contributed by atoms with van der Waals surface area (Å²) in [6.45, 7) is 3.61. The van der Waals surface area contributed by atoms with Crippen LogP contribution in [0.3, 0.4) is 0 Å². The van der Waals surface area contributed by atoms with E-state index >= 15 is 0 Å². The summed E-state index contributed by atoms with van der Waals surface area (Å²) >= 11 is 3.40. The highest BCUT2D eigenvalue weighted by Crippen LogP contribution is 2.19. The number of aryl methyl sites for hydroxylation is 1. The number of aromatic amines is 1. The van der Waals surface area contributed by atoms with Crippen molar-refractivity contribution in [2.45, 2.75) is 19.9 Å². The van der Waals surface area contributed by atoms with Crippen molar-refractivity contribution in [3.8, 4) is 0 Å². The van der Waals surface area contributed by atoms with Crippen molar-refractivity contribution in [1.82, 2.24) is 14.8 Å². The molecule has 0 fully saturated rings. The number of para-hydroxylation sites is 1. The number of hydrogen-bond acceptors (Lipinski definition) is 3. The zero-order chi connectivity index (χ0) is 26.9. The lowest BCUT2D eigenvalue weighted by molar-refractivity contribution is -0.132. The molecule has 0 bridgehead atoms. The van der Waals surface area contributed by atoms with Crippen molar-refractivity contribution in [2.24, 2.45) is 0 Å². The standard InChI is InChI=1S/C30H33BrN4O3/c1-22-7-9-23(10-8-22)20-34(16-15-24-19-32-28-6-4-3-5-27(24)28)29(36)21-35(17-18-38-2)30(37)33-26-13-11-25(31)12-14-26/h3-14,19,32H,15-18,20-21H2,1-2H3,(H,33,37). The van der Waals surface area contributed by atoms with Crippen molar-refractivity contribution >= 4 is 44.5 Å². The molecule has 0 aliphatic heterocycles. The number of carbonyl (C=O) groups excluding carboxylic acids is 2. The number of ether oxygens (including phenoxy) is 1. The Morgan fingerprint density at radius 1 is 0.947 bits per heavy atom. The summed E-state index contributed by atoms with van der Waals surface area (Å²) in [4.78, 5) is 33.4. The second-order valence-corrected chi connectivity index (χ2v) is 10.2. The SMILES string of the molecule is COCCN(CC(=O)N(CCc1c[nH]c2ccccc12)Cc1ccc(C)cc1)C(=O)Nc1ccc(Br)cc1. The van der Waals surface area contributed by atoms with Crippen LogP contribution in [0.2, 0.25) is 0 Å². The second-order valence-electron chi connectivity index (χ2n) is 9.26. The number of aromatic nitrogens is 1. The third-order valence-corrected chi connectivity index (χ3v) is 6.98. The third kappa shape index (κ3) is 7.46. The van der Waals surface area contributed by atoms with Crippen LogP contribution in [0.1, 0.15) is 16.7 Å². The van der Waals surface area contributed by atoms with E-state index in [1.54, 1.807) is 7.11 Å². The van der Waals surface area contributed by atoms with Crippen LogP contribution in [-0.4, -0.2) is 60.1 Å². The number of anilines is 1. The van der Waals surface area contributed by atoms with E-state index in [4.69, 9.17) is 4.74 Å². The molecule has 1 heterocycles. The van der Waals surface area contributed by atoms with Gasteiger partial charge in [-0.3, -0.25) is 4.79 Å². The molecule has 0 radical (unpaired) electrons. The van der Waals surface area contributed by atoms with Gasteiger partial charge in [-0.2, -0.15) is 0 Å². The summed E-state index contributed by atoms with van der Waals surface area (Å²) < 4.78 is 6.14. The van der Waals surface area contributed by atoms with E-state index in [1.165, 1.54) is 10.5 Å². The Hall–Kier alpha value is -3.62. The molecule has 38 heavy (non-hydrogen) atoms. The van der Waals surface area contributed by atoms with Crippen LogP contribution >= 0.6 is 15.9 Å². The van der Waals surface area contributed by atoms with Gasteiger partial charge in [0, 0.05) is 54.0 Å². The van der Waals surface area contributed by atoms with Gasteiger partial charge >= 0.3 is 6.03 Å². The van der Waals surface area contributed by atoms with Crippen molar-refractivity contribution < 1.29 is 14.3 Å². The van der Waals surface area contributed by atoms with Gasteiger partial charge in [0.15, 0.2) is 0 Å². The summed E-state index contributed by atoms with van der Waals surface area (Å²) in [6.07, 6.45) is 2.71. The molecule has 198 valence electrons. The number of amides is 3. The van der Waals surface area contributed by atoms with Gasteiger partial charge in [0.2, 0.25) is 5.91 Å². The number of H-pyrrole nitrogens is 1. The van der Waals surface area contributed by atoms with E-state index in [9.17, 15) is 9.59 Å². The van der Waals surface area contributed by atoms with Gasteiger partial charge < -0.3 is 24.8 Å². The number of benzene rings is 3. The first-order valence-electron chi connectivity index (χ1n) is 12.6. The zero-order valence-electron chi connectivity index (χ0n) is 21.7. The fraction of sp³-hybridized carbons (Fsp3) is 0.267. The van der Waals surface area contributed by atoms with Crippen LogP contribution in [0.25, 0.3) is 10.9 Å². The van der Waals surface area contributed by atoms with Crippen molar-refractivity contribution in [1.29, 1.82) is 0 Å². The van der Waals surface area contributed by atoms with Gasteiger partial charge in [0.05, 0.1) is 6.61 Å². The minimum atomic E-state index is -0.343. The Kier molecular flexibility index (Phi) is 9.56. The second kappa shape index (κ2) is 13.3. The van der Waals surface area contributed by atoms with E-state index in [2.05, 4.69) is 32.3 Å². The number of carbonyl (C=O) groups is 2. The van der Waals surface area contributed by atoms with Crippen molar-refractivity contribution in [2.75, 3.05) is 38.7 Å². The number of rotatable bonds is 11. The van der Waals surface area contributed by atoms with Crippen LogP contribution in [0.4, 0.5) is 10.5 Å². The van der Waals surface area contributed by atoms with Crippen LogP contribution in [0, 0.1) is 6.92 Å². The maximum Gasteiger partial charge on any atom is 0.322 e. The van der Waals surface area contributed by atoms with E-state index in [0.29, 0.717) is 38.3 Å². The predicted octanol–water partition coefficient (Wildman–Crippen LogP) is 5.99. The molecule has 3 amide bonds. The molecule has 7 nitrogen and oxygen atoms in total. The van der Waals surface area contributed by atoms with Crippen LogP contribution < -0.4 is 5.32 Å². The lowest BCUT2D eigenvalue weighted by Gasteiger charge is -2.28. The first kappa shape index (κ1) is 27.4. The quantitative estimate of drug-likeness (QED) is 0.230. The molecule has 3 aromatic carbocycles. The molecule has 0 aliphatic carbocycles. The fourth-order valence-corrected chi connectivity index (χ4v) is 4.52. The smallest absolute Gasteiger partial charge is 0.322 e. The largest absolute Gasteiger partial charge is 0.383 e. The topological polar surface area (TPSA) is 77.7 Å². The van der Waals surface area contributed by atoms with Gasteiger partial charge in [-0.05, 0) is 54.8 Å². The number of nitrogens with one attached hydrogen (secondary N) is 2. The molecule has 1 aromatic heterocycles. The molecule has 4 aromatic rings. The van der Waals surface area contributed by atoms with Crippen LogP contribution in [0.5, 0.6) is 0 Å². The minimum Gasteiger partial charge on any atom is -0.383 e. The van der Waals surface area contributed by atoms with Gasteiger partial charge in [0.1, 0.15) is 6.54 Å².